The maximum Gasteiger partial charge on any atom is 0.410 e. The van der Waals surface area contributed by atoms with Gasteiger partial charge in [-0.3, -0.25) is 9.69 Å². The molecule has 2 N–H and O–H groups in total. The first kappa shape index (κ1) is 13.8. The summed E-state index contributed by atoms with van der Waals surface area (Å²) in [7, 11) is 1.52. The Morgan fingerprint density at radius 2 is 2.12 bits per heavy atom. The standard InChI is InChI=1S/C11H20N2O4/c1-7(2)9(10(12)14)13(3)11(15)17-8-4-5-16-6-8/h7-9H,4-6H2,1-3H3,(H2,12,14)/t8?,9-/m0/s1. The molecule has 0 aromatic heterocycles. The lowest BCUT2D eigenvalue weighted by molar-refractivity contribution is -0.123. The number of carbonyl (C=O) groups excluding carboxylic acids is 2. The number of nitrogens with zero attached hydrogens (tertiary/aromatic N) is 1. The van der Waals surface area contributed by atoms with Crippen molar-refractivity contribution in [1.82, 2.24) is 4.90 Å². The maximum atomic E-state index is 11.8. The lowest BCUT2D eigenvalue weighted by Crippen LogP contribution is -2.49. The molecule has 1 fully saturated rings. The van der Waals surface area contributed by atoms with E-state index in [1.165, 1.54) is 11.9 Å². The fourth-order valence-electron chi connectivity index (χ4n) is 1.91. The molecule has 2 amide bonds. The summed E-state index contributed by atoms with van der Waals surface area (Å²) in [5.74, 6) is -0.577. The Morgan fingerprint density at radius 1 is 1.47 bits per heavy atom. The zero-order chi connectivity index (χ0) is 13.0. The third-order valence-electron chi connectivity index (χ3n) is 2.78. The van der Waals surface area contributed by atoms with Gasteiger partial charge in [0.15, 0.2) is 0 Å². The summed E-state index contributed by atoms with van der Waals surface area (Å²) in [5, 5.41) is 0. The molecule has 1 aliphatic heterocycles. The van der Waals surface area contributed by atoms with E-state index < -0.39 is 18.0 Å². The molecule has 0 aromatic carbocycles. The Labute approximate surface area is 101 Å². The van der Waals surface area contributed by atoms with Crippen molar-refractivity contribution in [2.24, 2.45) is 11.7 Å². The summed E-state index contributed by atoms with van der Waals surface area (Å²) < 4.78 is 10.3. The summed E-state index contributed by atoms with van der Waals surface area (Å²) in [6.07, 6.45) is -0.0497. The van der Waals surface area contributed by atoms with Gasteiger partial charge in [0.05, 0.1) is 13.2 Å². The minimum absolute atomic E-state index is 0.0510. The number of likely N-dealkylation sites (N-methyl/N-ethyl adjacent to an activating group) is 1. The van der Waals surface area contributed by atoms with Crippen molar-refractivity contribution < 1.29 is 19.1 Å². The molecule has 0 spiro atoms. The van der Waals surface area contributed by atoms with Crippen molar-refractivity contribution in [1.29, 1.82) is 0 Å². The minimum atomic E-state index is -0.648. The predicted octanol–water partition coefficient (Wildman–Crippen LogP) is 0.354. The van der Waals surface area contributed by atoms with Crippen LogP contribution in [0.4, 0.5) is 4.79 Å². The Hall–Kier alpha value is -1.30. The summed E-state index contributed by atoms with van der Waals surface area (Å²) >= 11 is 0. The van der Waals surface area contributed by atoms with Gasteiger partial charge in [0.1, 0.15) is 12.1 Å². The number of amides is 2. The predicted molar refractivity (Wildman–Crippen MR) is 61.3 cm³/mol. The minimum Gasteiger partial charge on any atom is -0.444 e. The summed E-state index contributed by atoms with van der Waals surface area (Å²) in [6.45, 7) is 4.68. The molecule has 0 bridgehead atoms. The first-order valence-corrected chi connectivity index (χ1v) is 5.74. The second kappa shape index (κ2) is 5.86. The van der Waals surface area contributed by atoms with E-state index in [0.717, 1.165) is 0 Å². The van der Waals surface area contributed by atoms with Gasteiger partial charge in [-0.15, -0.1) is 0 Å². The molecule has 1 saturated heterocycles. The van der Waals surface area contributed by atoms with Gasteiger partial charge >= 0.3 is 6.09 Å². The van der Waals surface area contributed by atoms with Crippen molar-refractivity contribution in [3.63, 3.8) is 0 Å². The monoisotopic (exact) mass is 244 g/mol. The van der Waals surface area contributed by atoms with E-state index in [4.69, 9.17) is 15.2 Å². The first-order valence-electron chi connectivity index (χ1n) is 5.74. The van der Waals surface area contributed by atoms with Crippen LogP contribution in [0.25, 0.3) is 0 Å². The van der Waals surface area contributed by atoms with Crippen LogP contribution in [0.2, 0.25) is 0 Å². The highest BCUT2D eigenvalue weighted by Crippen LogP contribution is 2.14. The fourth-order valence-corrected chi connectivity index (χ4v) is 1.91. The Bertz CT molecular complexity index is 287. The van der Waals surface area contributed by atoms with E-state index in [9.17, 15) is 9.59 Å². The fraction of sp³-hybridized carbons (Fsp3) is 0.818. The zero-order valence-electron chi connectivity index (χ0n) is 10.5. The Morgan fingerprint density at radius 3 is 2.53 bits per heavy atom. The van der Waals surface area contributed by atoms with E-state index in [2.05, 4.69) is 0 Å². The third kappa shape index (κ3) is 3.59. The van der Waals surface area contributed by atoms with Crippen LogP contribution in [0.3, 0.4) is 0 Å². The lowest BCUT2D eigenvalue weighted by Gasteiger charge is -2.28. The van der Waals surface area contributed by atoms with Crippen LogP contribution in [-0.4, -0.2) is 49.3 Å². The molecule has 1 heterocycles. The molecule has 0 saturated carbocycles. The number of rotatable bonds is 4. The van der Waals surface area contributed by atoms with Crippen molar-refractivity contribution in [2.45, 2.75) is 32.4 Å². The van der Waals surface area contributed by atoms with Gasteiger partial charge in [-0.2, -0.15) is 0 Å². The van der Waals surface area contributed by atoms with Crippen LogP contribution < -0.4 is 5.73 Å². The molecular weight excluding hydrogens is 224 g/mol. The smallest absolute Gasteiger partial charge is 0.410 e. The molecule has 0 aromatic rings. The molecule has 0 radical (unpaired) electrons. The van der Waals surface area contributed by atoms with Gasteiger partial charge in [0.25, 0.3) is 0 Å². The Balaban J connectivity index is 2.56. The highest BCUT2D eigenvalue weighted by molar-refractivity contribution is 5.84. The summed E-state index contributed by atoms with van der Waals surface area (Å²) in [6, 6.07) is -0.648. The van der Waals surface area contributed by atoms with Gasteiger partial charge in [-0.1, -0.05) is 13.8 Å². The van der Waals surface area contributed by atoms with Gasteiger partial charge < -0.3 is 15.2 Å². The largest absolute Gasteiger partial charge is 0.444 e. The second-order valence-electron chi connectivity index (χ2n) is 4.57. The van der Waals surface area contributed by atoms with Gasteiger partial charge in [0.2, 0.25) is 5.91 Å². The normalized spacial score (nSPS) is 21.3. The molecule has 6 nitrogen and oxygen atoms in total. The number of hydrogen-bond donors (Lipinski definition) is 1. The molecule has 1 unspecified atom stereocenters. The molecule has 0 aliphatic carbocycles. The number of ether oxygens (including phenoxy) is 2. The van der Waals surface area contributed by atoms with Crippen molar-refractivity contribution in [2.75, 3.05) is 20.3 Å². The van der Waals surface area contributed by atoms with Crippen molar-refractivity contribution in [3.8, 4) is 0 Å². The third-order valence-corrected chi connectivity index (χ3v) is 2.78. The number of primary amides is 1. The molecule has 17 heavy (non-hydrogen) atoms. The molecule has 6 heteroatoms. The van der Waals surface area contributed by atoms with Crippen LogP contribution in [0.1, 0.15) is 20.3 Å². The molecule has 1 aliphatic rings. The highest BCUT2D eigenvalue weighted by atomic mass is 16.6. The van der Waals surface area contributed by atoms with Crippen LogP contribution in [0, 0.1) is 5.92 Å². The lowest BCUT2D eigenvalue weighted by atomic mass is 10.0. The maximum absolute atomic E-state index is 11.8. The summed E-state index contributed by atoms with van der Waals surface area (Å²) in [5.41, 5.74) is 5.27. The molecule has 2 atom stereocenters. The van der Waals surface area contributed by atoms with E-state index in [-0.39, 0.29) is 12.0 Å². The number of nitrogens with two attached hydrogens (primary N) is 1. The molecule has 98 valence electrons. The highest BCUT2D eigenvalue weighted by Gasteiger charge is 2.31. The van der Waals surface area contributed by atoms with Crippen LogP contribution >= 0.6 is 0 Å². The number of carbonyl (C=O) groups is 2. The van der Waals surface area contributed by atoms with Gasteiger partial charge in [-0.05, 0) is 5.92 Å². The van der Waals surface area contributed by atoms with Crippen LogP contribution in [0.5, 0.6) is 0 Å². The quantitative estimate of drug-likeness (QED) is 0.773. The van der Waals surface area contributed by atoms with Crippen LogP contribution in [0.15, 0.2) is 0 Å². The number of hydrogen-bond acceptors (Lipinski definition) is 4. The first-order chi connectivity index (χ1) is 7.93. The van der Waals surface area contributed by atoms with E-state index in [0.29, 0.717) is 19.6 Å². The van der Waals surface area contributed by atoms with Crippen molar-refractivity contribution >= 4 is 12.0 Å². The van der Waals surface area contributed by atoms with E-state index in [1.54, 1.807) is 0 Å². The average Bonchev–Trinajstić information content (AvgIpc) is 2.68. The topological polar surface area (TPSA) is 81.9 Å². The zero-order valence-corrected chi connectivity index (χ0v) is 10.5. The Kier molecular flexibility index (Phi) is 4.74. The van der Waals surface area contributed by atoms with Gasteiger partial charge in [0, 0.05) is 13.5 Å². The van der Waals surface area contributed by atoms with Gasteiger partial charge in [-0.25, -0.2) is 4.79 Å². The van der Waals surface area contributed by atoms with E-state index >= 15 is 0 Å². The molecule has 1 rings (SSSR count). The second-order valence-corrected chi connectivity index (χ2v) is 4.57. The van der Waals surface area contributed by atoms with E-state index in [1.807, 2.05) is 13.8 Å². The average molecular weight is 244 g/mol. The SMILES string of the molecule is CC(C)[C@@H](C(N)=O)N(C)C(=O)OC1CCOC1. The van der Waals surface area contributed by atoms with Crippen LogP contribution in [-0.2, 0) is 14.3 Å². The molecular formula is C11H20N2O4. The summed E-state index contributed by atoms with van der Waals surface area (Å²) in [4.78, 5) is 24.3. The van der Waals surface area contributed by atoms with Crippen molar-refractivity contribution in [3.05, 3.63) is 0 Å².